The Morgan fingerprint density at radius 2 is 2.00 bits per heavy atom. The number of benzene rings is 2. The van der Waals surface area contributed by atoms with Crippen molar-refractivity contribution < 1.29 is 18.7 Å². The largest absolute Gasteiger partial charge is 0.486 e. The molecule has 6 heteroatoms. The number of carbonyl (C=O) groups is 1. The molecule has 1 aliphatic rings. The molecule has 0 aliphatic carbocycles. The lowest BCUT2D eigenvalue weighted by molar-refractivity contribution is 0.101. The van der Waals surface area contributed by atoms with Crippen LogP contribution >= 0.6 is 0 Å². The van der Waals surface area contributed by atoms with E-state index < -0.39 is 11.7 Å². The molecule has 1 aliphatic heterocycles. The Bertz CT molecular complexity index is 703. The van der Waals surface area contributed by atoms with Crippen LogP contribution < -0.4 is 20.5 Å². The summed E-state index contributed by atoms with van der Waals surface area (Å²) in [5, 5.41) is 2.58. The zero-order chi connectivity index (χ0) is 14.8. The zero-order valence-electron chi connectivity index (χ0n) is 11.1. The van der Waals surface area contributed by atoms with E-state index in [1.165, 1.54) is 18.2 Å². The molecule has 0 bridgehead atoms. The molecule has 3 rings (SSSR count). The van der Waals surface area contributed by atoms with Crippen molar-refractivity contribution in [1.82, 2.24) is 0 Å². The van der Waals surface area contributed by atoms with Crippen LogP contribution in [-0.2, 0) is 0 Å². The van der Waals surface area contributed by atoms with Crippen LogP contribution in [0.2, 0.25) is 0 Å². The van der Waals surface area contributed by atoms with Crippen LogP contribution in [0.3, 0.4) is 0 Å². The first-order valence-corrected chi connectivity index (χ1v) is 6.40. The quantitative estimate of drug-likeness (QED) is 0.832. The van der Waals surface area contributed by atoms with Gasteiger partial charge in [0, 0.05) is 0 Å². The van der Waals surface area contributed by atoms with Gasteiger partial charge in [-0.3, -0.25) is 4.79 Å². The molecule has 5 nitrogen and oxygen atoms in total. The SMILES string of the molecule is Nc1ccc(F)cc1NC(=O)c1cccc2c1OCCO2. The molecule has 21 heavy (non-hydrogen) atoms. The van der Waals surface area contributed by atoms with E-state index in [1.807, 2.05) is 0 Å². The first-order valence-electron chi connectivity index (χ1n) is 6.40. The highest BCUT2D eigenvalue weighted by Crippen LogP contribution is 2.34. The second-order valence-electron chi connectivity index (χ2n) is 4.52. The van der Waals surface area contributed by atoms with Gasteiger partial charge in [-0.25, -0.2) is 4.39 Å². The number of hydrogen-bond acceptors (Lipinski definition) is 4. The van der Waals surface area contributed by atoms with Gasteiger partial charge < -0.3 is 20.5 Å². The maximum atomic E-state index is 13.2. The van der Waals surface area contributed by atoms with E-state index in [-0.39, 0.29) is 11.4 Å². The van der Waals surface area contributed by atoms with E-state index in [2.05, 4.69) is 5.32 Å². The van der Waals surface area contributed by atoms with Crippen LogP contribution in [0, 0.1) is 5.82 Å². The maximum Gasteiger partial charge on any atom is 0.259 e. The monoisotopic (exact) mass is 288 g/mol. The highest BCUT2D eigenvalue weighted by atomic mass is 19.1. The summed E-state index contributed by atoms with van der Waals surface area (Å²) in [5.41, 5.74) is 6.53. The molecule has 2 aromatic carbocycles. The Kier molecular flexibility index (Phi) is 3.35. The molecule has 0 radical (unpaired) electrons. The van der Waals surface area contributed by atoms with Gasteiger partial charge in [-0.05, 0) is 30.3 Å². The fourth-order valence-electron chi connectivity index (χ4n) is 2.08. The molecule has 1 amide bonds. The highest BCUT2D eigenvalue weighted by molar-refractivity contribution is 6.08. The molecular formula is C15H13FN2O3. The third kappa shape index (κ3) is 2.60. The maximum absolute atomic E-state index is 13.2. The van der Waals surface area contributed by atoms with Crippen LogP contribution in [0.1, 0.15) is 10.4 Å². The summed E-state index contributed by atoms with van der Waals surface area (Å²) in [6.45, 7) is 0.814. The minimum Gasteiger partial charge on any atom is -0.486 e. The average molecular weight is 288 g/mol. The third-order valence-corrected chi connectivity index (χ3v) is 3.07. The minimum absolute atomic E-state index is 0.217. The van der Waals surface area contributed by atoms with Gasteiger partial charge in [-0.15, -0.1) is 0 Å². The number of nitrogen functional groups attached to an aromatic ring is 1. The van der Waals surface area contributed by atoms with Gasteiger partial charge in [0.1, 0.15) is 19.0 Å². The molecule has 0 aromatic heterocycles. The molecule has 0 saturated heterocycles. The lowest BCUT2D eigenvalue weighted by Crippen LogP contribution is -2.20. The number of hydrogen-bond donors (Lipinski definition) is 2. The second-order valence-corrected chi connectivity index (χ2v) is 4.52. The predicted molar refractivity (Wildman–Crippen MR) is 76.2 cm³/mol. The zero-order valence-corrected chi connectivity index (χ0v) is 11.1. The number of nitrogens with two attached hydrogens (primary N) is 1. The standard InChI is InChI=1S/C15H13FN2O3/c16-9-4-5-11(17)12(8-9)18-15(19)10-2-1-3-13-14(10)21-7-6-20-13/h1-5,8H,6-7,17H2,(H,18,19). The Balaban J connectivity index is 1.91. The van der Waals surface area contributed by atoms with Gasteiger partial charge in [0.25, 0.3) is 5.91 Å². The van der Waals surface area contributed by atoms with Crippen molar-refractivity contribution in [2.45, 2.75) is 0 Å². The fourth-order valence-corrected chi connectivity index (χ4v) is 2.08. The molecule has 2 aromatic rings. The summed E-state index contributed by atoms with van der Waals surface area (Å²) in [5.74, 6) is -0.0128. The van der Waals surface area contributed by atoms with Gasteiger partial charge in [0.05, 0.1) is 16.9 Å². The van der Waals surface area contributed by atoms with E-state index in [9.17, 15) is 9.18 Å². The second kappa shape index (κ2) is 5.32. The van der Waals surface area contributed by atoms with Crippen molar-refractivity contribution in [2.24, 2.45) is 0 Å². The van der Waals surface area contributed by atoms with E-state index in [1.54, 1.807) is 18.2 Å². The van der Waals surface area contributed by atoms with Crippen LogP contribution in [0.25, 0.3) is 0 Å². The lowest BCUT2D eigenvalue weighted by Gasteiger charge is -2.20. The highest BCUT2D eigenvalue weighted by Gasteiger charge is 2.20. The molecule has 108 valence electrons. The van der Waals surface area contributed by atoms with Crippen molar-refractivity contribution in [1.29, 1.82) is 0 Å². The number of rotatable bonds is 2. The number of carbonyl (C=O) groups excluding carboxylic acids is 1. The van der Waals surface area contributed by atoms with Crippen LogP contribution in [-0.4, -0.2) is 19.1 Å². The van der Waals surface area contributed by atoms with Crippen molar-refractivity contribution in [3.8, 4) is 11.5 Å². The first-order chi connectivity index (χ1) is 10.1. The van der Waals surface area contributed by atoms with Gasteiger partial charge in [-0.1, -0.05) is 6.07 Å². The normalized spacial score (nSPS) is 12.8. The molecule has 3 N–H and O–H groups in total. The smallest absolute Gasteiger partial charge is 0.259 e. The summed E-state index contributed by atoms with van der Waals surface area (Å²) in [4.78, 5) is 12.3. The Morgan fingerprint density at radius 3 is 2.86 bits per heavy atom. The number of anilines is 2. The van der Waals surface area contributed by atoms with Crippen LogP contribution in [0.4, 0.5) is 15.8 Å². The number of fused-ring (bicyclic) bond motifs is 1. The molecule has 0 spiro atoms. The minimum atomic E-state index is -0.478. The lowest BCUT2D eigenvalue weighted by atomic mass is 10.1. The van der Waals surface area contributed by atoms with E-state index in [0.29, 0.717) is 30.3 Å². The molecule has 0 atom stereocenters. The number of halogens is 1. The molecular weight excluding hydrogens is 275 g/mol. The van der Waals surface area contributed by atoms with E-state index >= 15 is 0 Å². The number of nitrogens with one attached hydrogen (secondary N) is 1. The van der Waals surface area contributed by atoms with Crippen molar-refractivity contribution in [2.75, 3.05) is 24.3 Å². The molecule has 0 fully saturated rings. The van der Waals surface area contributed by atoms with Crippen LogP contribution in [0.5, 0.6) is 11.5 Å². The van der Waals surface area contributed by atoms with Crippen molar-refractivity contribution in [3.63, 3.8) is 0 Å². The van der Waals surface area contributed by atoms with Crippen molar-refractivity contribution >= 4 is 17.3 Å². The third-order valence-electron chi connectivity index (χ3n) is 3.07. The fraction of sp³-hybridized carbons (Fsp3) is 0.133. The van der Waals surface area contributed by atoms with Crippen molar-refractivity contribution in [3.05, 3.63) is 47.8 Å². The summed E-state index contributed by atoms with van der Waals surface area (Å²) >= 11 is 0. The number of para-hydroxylation sites is 1. The average Bonchev–Trinajstić information content (AvgIpc) is 2.50. The van der Waals surface area contributed by atoms with Crippen LogP contribution in [0.15, 0.2) is 36.4 Å². The summed E-state index contributed by atoms with van der Waals surface area (Å²) < 4.78 is 24.1. The Morgan fingerprint density at radius 1 is 1.19 bits per heavy atom. The van der Waals surface area contributed by atoms with E-state index in [4.69, 9.17) is 15.2 Å². The molecule has 0 saturated carbocycles. The van der Waals surface area contributed by atoms with Gasteiger partial charge in [0.15, 0.2) is 11.5 Å². The summed E-state index contributed by atoms with van der Waals surface area (Å²) in [7, 11) is 0. The molecule has 1 heterocycles. The number of amides is 1. The number of ether oxygens (including phenoxy) is 2. The Labute approximate surface area is 120 Å². The van der Waals surface area contributed by atoms with Gasteiger partial charge >= 0.3 is 0 Å². The van der Waals surface area contributed by atoms with Gasteiger partial charge in [0.2, 0.25) is 0 Å². The van der Waals surface area contributed by atoms with Gasteiger partial charge in [-0.2, -0.15) is 0 Å². The Hall–Kier alpha value is -2.76. The van der Waals surface area contributed by atoms with E-state index in [0.717, 1.165) is 0 Å². The first kappa shape index (κ1) is 13.2. The summed E-state index contributed by atoms with van der Waals surface area (Å²) in [6.07, 6.45) is 0. The predicted octanol–water partition coefficient (Wildman–Crippen LogP) is 2.43. The summed E-state index contributed by atoms with van der Waals surface area (Å²) in [6, 6.07) is 8.81. The topological polar surface area (TPSA) is 73.6 Å². The molecule has 0 unspecified atom stereocenters.